The summed E-state index contributed by atoms with van der Waals surface area (Å²) >= 11 is 5.85. The number of piperidine rings is 1. The van der Waals surface area contributed by atoms with Gasteiger partial charge in [-0.2, -0.15) is 0 Å². The second-order valence-corrected chi connectivity index (χ2v) is 6.74. The zero-order valence-corrected chi connectivity index (χ0v) is 12.9. The van der Waals surface area contributed by atoms with E-state index in [0.717, 1.165) is 43.6 Å². The number of nitrogens with zero attached hydrogens (tertiary/aromatic N) is 1. The molecule has 0 spiro atoms. The van der Waals surface area contributed by atoms with Crippen LogP contribution in [-0.4, -0.2) is 23.1 Å². The van der Waals surface area contributed by atoms with Crippen molar-refractivity contribution in [1.82, 2.24) is 4.90 Å². The lowest BCUT2D eigenvalue weighted by Crippen LogP contribution is -2.39. The third-order valence-electron chi connectivity index (χ3n) is 5.18. The van der Waals surface area contributed by atoms with Crippen LogP contribution in [0.5, 0.6) is 5.75 Å². The van der Waals surface area contributed by atoms with E-state index in [1.807, 2.05) is 18.2 Å². The lowest BCUT2D eigenvalue weighted by Gasteiger charge is -2.39. The van der Waals surface area contributed by atoms with E-state index in [1.165, 1.54) is 5.56 Å². The molecule has 0 atom stereocenters. The van der Waals surface area contributed by atoms with Crippen molar-refractivity contribution in [2.75, 3.05) is 13.1 Å². The van der Waals surface area contributed by atoms with Gasteiger partial charge in [0.2, 0.25) is 0 Å². The monoisotopic (exact) mass is 317 g/mol. The zero-order valence-electron chi connectivity index (χ0n) is 12.1. The third-order valence-corrected chi connectivity index (χ3v) is 5.49. The van der Waals surface area contributed by atoms with Crippen LogP contribution >= 0.6 is 11.6 Å². The third kappa shape index (κ3) is 2.03. The van der Waals surface area contributed by atoms with E-state index in [0.29, 0.717) is 5.75 Å². The summed E-state index contributed by atoms with van der Waals surface area (Å²) in [4.78, 5) is 2.40. The molecule has 0 aliphatic carbocycles. The van der Waals surface area contributed by atoms with E-state index in [-0.39, 0.29) is 16.3 Å². The van der Waals surface area contributed by atoms with Gasteiger partial charge in [-0.3, -0.25) is 4.90 Å². The van der Waals surface area contributed by atoms with Crippen molar-refractivity contribution in [1.29, 1.82) is 0 Å². The number of rotatable bonds is 1. The van der Waals surface area contributed by atoms with E-state index in [9.17, 15) is 9.50 Å². The predicted octanol–water partition coefficient (Wildman–Crippen LogP) is 4.08. The SMILES string of the molecule is Oc1ccc2c(c1)CN1CCC2(c2ccc(Cl)c(F)c2)CC1. The molecular formula is C18H17ClFNO. The number of benzene rings is 2. The van der Waals surface area contributed by atoms with Crippen molar-refractivity contribution < 1.29 is 9.50 Å². The second kappa shape index (κ2) is 4.97. The molecular weight excluding hydrogens is 301 g/mol. The summed E-state index contributed by atoms with van der Waals surface area (Å²) < 4.78 is 14.0. The quantitative estimate of drug-likeness (QED) is 0.856. The van der Waals surface area contributed by atoms with E-state index in [2.05, 4.69) is 4.90 Å². The Morgan fingerprint density at radius 1 is 1.09 bits per heavy atom. The van der Waals surface area contributed by atoms with Crippen molar-refractivity contribution in [2.45, 2.75) is 24.8 Å². The Balaban J connectivity index is 1.94. The first-order valence-corrected chi connectivity index (χ1v) is 7.96. The summed E-state index contributed by atoms with van der Waals surface area (Å²) in [6, 6.07) is 10.8. The maximum atomic E-state index is 14.0. The second-order valence-electron chi connectivity index (χ2n) is 6.33. The Morgan fingerprint density at radius 3 is 2.59 bits per heavy atom. The van der Waals surface area contributed by atoms with Gasteiger partial charge in [-0.25, -0.2) is 4.39 Å². The van der Waals surface area contributed by atoms with Gasteiger partial charge in [0.05, 0.1) is 5.02 Å². The summed E-state index contributed by atoms with van der Waals surface area (Å²) in [5, 5.41) is 9.98. The van der Waals surface area contributed by atoms with Crippen molar-refractivity contribution in [3.8, 4) is 5.75 Å². The summed E-state index contributed by atoms with van der Waals surface area (Å²) in [6.45, 7) is 2.82. The highest BCUT2D eigenvalue weighted by Crippen LogP contribution is 2.47. The molecule has 2 nitrogen and oxygen atoms in total. The average Bonchev–Trinajstić information content (AvgIpc) is 2.76. The van der Waals surface area contributed by atoms with E-state index >= 15 is 0 Å². The number of phenols is 1. The minimum absolute atomic E-state index is 0.164. The smallest absolute Gasteiger partial charge is 0.142 e. The molecule has 22 heavy (non-hydrogen) atoms. The van der Waals surface area contributed by atoms with Gasteiger partial charge in [0.15, 0.2) is 0 Å². The van der Waals surface area contributed by atoms with E-state index in [4.69, 9.17) is 11.6 Å². The molecule has 0 saturated carbocycles. The highest BCUT2D eigenvalue weighted by atomic mass is 35.5. The molecule has 3 aliphatic heterocycles. The van der Waals surface area contributed by atoms with Crippen LogP contribution in [-0.2, 0) is 12.0 Å². The maximum absolute atomic E-state index is 14.0. The molecule has 2 bridgehead atoms. The molecule has 114 valence electrons. The highest BCUT2D eigenvalue weighted by Gasteiger charge is 2.42. The van der Waals surface area contributed by atoms with E-state index < -0.39 is 0 Å². The molecule has 1 saturated heterocycles. The topological polar surface area (TPSA) is 23.5 Å². The Kier molecular flexibility index (Phi) is 3.17. The van der Waals surface area contributed by atoms with Gasteiger partial charge in [-0.15, -0.1) is 0 Å². The van der Waals surface area contributed by atoms with Crippen LogP contribution in [0, 0.1) is 5.82 Å². The summed E-state index contributed by atoms with van der Waals surface area (Å²) in [5.41, 5.74) is 3.17. The molecule has 1 fully saturated rings. The van der Waals surface area contributed by atoms with Gasteiger partial charge < -0.3 is 5.11 Å². The van der Waals surface area contributed by atoms with Crippen molar-refractivity contribution >= 4 is 11.6 Å². The van der Waals surface area contributed by atoms with Gasteiger partial charge in [0, 0.05) is 12.0 Å². The van der Waals surface area contributed by atoms with Gasteiger partial charge in [-0.05, 0) is 66.9 Å². The molecule has 0 radical (unpaired) electrons. The number of halogens is 2. The lowest BCUT2D eigenvalue weighted by molar-refractivity contribution is 0.190. The number of hydrogen-bond donors (Lipinski definition) is 1. The van der Waals surface area contributed by atoms with Crippen LogP contribution in [0.4, 0.5) is 4.39 Å². The number of fused-ring (bicyclic) bond motifs is 2. The molecule has 0 amide bonds. The fourth-order valence-corrected chi connectivity index (χ4v) is 4.14. The minimum atomic E-state index is -0.361. The molecule has 3 heterocycles. The van der Waals surface area contributed by atoms with E-state index in [1.54, 1.807) is 18.2 Å². The average molecular weight is 318 g/mol. The van der Waals surface area contributed by atoms with Crippen molar-refractivity contribution in [3.63, 3.8) is 0 Å². The summed E-state index contributed by atoms with van der Waals surface area (Å²) in [6.07, 6.45) is 1.93. The Hall–Kier alpha value is -1.58. The maximum Gasteiger partial charge on any atom is 0.142 e. The van der Waals surface area contributed by atoms with Crippen molar-refractivity contribution in [3.05, 3.63) is 63.9 Å². The number of phenolic OH excluding ortho intramolecular Hbond substituents is 1. The summed E-state index contributed by atoms with van der Waals surface area (Å²) in [7, 11) is 0. The molecule has 1 N–H and O–H groups in total. The van der Waals surface area contributed by atoms with Crippen LogP contribution < -0.4 is 0 Å². The summed E-state index contributed by atoms with van der Waals surface area (Å²) in [5.74, 6) is -0.0702. The normalized spacial score (nSPS) is 26.5. The van der Waals surface area contributed by atoms with Crippen molar-refractivity contribution in [2.24, 2.45) is 0 Å². The largest absolute Gasteiger partial charge is 0.508 e. The first-order valence-electron chi connectivity index (χ1n) is 7.59. The van der Waals surface area contributed by atoms with Crippen LogP contribution in [0.3, 0.4) is 0 Å². The first kappa shape index (κ1) is 14.0. The fourth-order valence-electron chi connectivity index (χ4n) is 4.02. The lowest BCUT2D eigenvalue weighted by atomic mass is 9.68. The first-order chi connectivity index (χ1) is 10.6. The highest BCUT2D eigenvalue weighted by molar-refractivity contribution is 6.30. The fraction of sp³-hybridized carbons (Fsp3) is 0.333. The van der Waals surface area contributed by atoms with Gasteiger partial charge in [-0.1, -0.05) is 23.7 Å². The van der Waals surface area contributed by atoms with Crippen LogP contribution in [0.15, 0.2) is 36.4 Å². The molecule has 2 aromatic rings. The van der Waals surface area contributed by atoms with Crippen LogP contribution in [0.2, 0.25) is 5.02 Å². The molecule has 3 aliphatic rings. The number of aromatic hydroxyl groups is 1. The van der Waals surface area contributed by atoms with Crippen LogP contribution in [0.25, 0.3) is 0 Å². The van der Waals surface area contributed by atoms with Gasteiger partial charge in [0.25, 0.3) is 0 Å². The van der Waals surface area contributed by atoms with Crippen LogP contribution in [0.1, 0.15) is 29.5 Å². The predicted molar refractivity (Wildman–Crippen MR) is 84.8 cm³/mol. The number of hydrogen-bond acceptors (Lipinski definition) is 2. The molecule has 4 heteroatoms. The van der Waals surface area contributed by atoms with Gasteiger partial charge >= 0.3 is 0 Å². The van der Waals surface area contributed by atoms with Gasteiger partial charge in [0.1, 0.15) is 11.6 Å². The Labute approximate surface area is 134 Å². The molecule has 0 unspecified atom stereocenters. The zero-order chi connectivity index (χ0) is 15.3. The molecule has 2 aromatic carbocycles. The Bertz CT molecular complexity index is 738. The minimum Gasteiger partial charge on any atom is -0.508 e. The molecule has 0 aromatic heterocycles. The molecule has 5 rings (SSSR count). The Morgan fingerprint density at radius 2 is 1.86 bits per heavy atom. The standard InChI is InChI=1S/C18H17ClFNO/c19-16-4-1-13(10-17(16)20)18-5-7-21(8-6-18)11-12-9-14(22)2-3-15(12)18/h1-4,9-10,22H,5-8,11H2.